The first-order valence-electron chi connectivity index (χ1n) is 14.6. The molecule has 0 radical (unpaired) electrons. The van der Waals surface area contributed by atoms with Gasteiger partial charge in [0.2, 0.25) is 11.5 Å². The van der Waals surface area contributed by atoms with Gasteiger partial charge < -0.3 is 41.5 Å². The molecule has 256 valence electrons. The molecule has 49 heavy (non-hydrogen) atoms. The van der Waals surface area contributed by atoms with Gasteiger partial charge in [-0.25, -0.2) is 24.0 Å². The molecule has 2 atom stereocenters. The number of rotatable bonds is 13. The second kappa shape index (κ2) is 12.8. The van der Waals surface area contributed by atoms with E-state index in [4.69, 9.17) is 26.5 Å². The van der Waals surface area contributed by atoms with Crippen molar-refractivity contribution in [3.8, 4) is 0 Å². The molecule has 0 unspecified atom stereocenters. The summed E-state index contributed by atoms with van der Waals surface area (Å²) in [4.78, 5) is 65.2. The van der Waals surface area contributed by atoms with Crippen molar-refractivity contribution in [2.45, 2.75) is 44.3 Å². The van der Waals surface area contributed by atoms with Crippen LogP contribution in [-0.4, -0.2) is 76.2 Å². The van der Waals surface area contributed by atoms with Crippen LogP contribution in [0.15, 0.2) is 68.2 Å². The number of β-lactam (4-membered cyclic amide) rings is 1. The molecule has 6 rings (SSSR count). The van der Waals surface area contributed by atoms with E-state index in [1.165, 1.54) is 37.3 Å². The first-order chi connectivity index (χ1) is 23.2. The van der Waals surface area contributed by atoms with Crippen molar-refractivity contribution in [1.82, 2.24) is 19.1 Å². The third-order valence-electron chi connectivity index (χ3n) is 7.83. The molecule has 0 spiro atoms. The van der Waals surface area contributed by atoms with Gasteiger partial charge in [0.15, 0.2) is 28.8 Å². The highest BCUT2D eigenvalue weighted by Gasteiger charge is 2.53. The number of fused-ring (bicyclic) bond motifs is 2. The van der Waals surface area contributed by atoms with Gasteiger partial charge in [-0.3, -0.25) is 14.5 Å². The van der Waals surface area contributed by atoms with E-state index in [1.807, 2.05) is 21.3 Å². The van der Waals surface area contributed by atoms with Crippen molar-refractivity contribution < 1.29 is 43.2 Å². The van der Waals surface area contributed by atoms with Crippen LogP contribution >= 0.6 is 23.1 Å². The molecule has 20 heteroatoms. The minimum Gasteiger partial charge on any atom is -0.543 e. The molecular formula is C29H30N10O8S2. The molecule has 1 saturated heterocycles. The van der Waals surface area contributed by atoms with E-state index in [1.54, 1.807) is 23.1 Å². The van der Waals surface area contributed by atoms with Crippen molar-refractivity contribution in [3.05, 3.63) is 65.1 Å². The number of nitrogens with zero attached hydrogens (tertiary/aromatic N) is 7. The number of thioether (sulfide) groups is 1. The highest BCUT2D eigenvalue weighted by Crippen LogP contribution is 2.45. The number of hydrogen-bond acceptors (Lipinski definition) is 13. The normalized spacial score (nSPS) is 18.0. The fourth-order valence-corrected chi connectivity index (χ4v) is 7.34. The highest BCUT2D eigenvalue weighted by atomic mass is 32.2. The predicted molar refractivity (Wildman–Crippen MR) is 173 cm³/mol. The lowest BCUT2D eigenvalue weighted by Crippen LogP contribution is -2.63. The lowest BCUT2D eigenvalue weighted by Gasteiger charge is -2.50. The van der Waals surface area contributed by atoms with E-state index in [9.17, 15) is 29.4 Å². The Kier molecular flexibility index (Phi) is 8.67. The first-order valence-corrected chi connectivity index (χ1v) is 16.5. The number of Topliss-reactive ketones (excluding diaryl/α,β-unsaturated/α-hetero) is 1. The Morgan fingerprint density at radius 1 is 1.29 bits per heavy atom. The van der Waals surface area contributed by atoms with Crippen LogP contribution in [-0.2, 0) is 37.1 Å². The van der Waals surface area contributed by atoms with Gasteiger partial charge in [-0.1, -0.05) is 5.16 Å². The number of ketones is 1. The third-order valence-corrected chi connectivity index (χ3v) is 9.90. The highest BCUT2D eigenvalue weighted by molar-refractivity contribution is 8.00. The molecule has 2 aliphatic heterocycles. The average Bonchev–Trinajstić information content (AvgIpc) is 3.83. The topological polar surface area (TPSA) is 266 Å². The molecule has 0 bridgehead atoms. The Morgan fingerprint density at radius 2 is 2.06 bits per heavy atom. The number of carboxylic acid groups (broad SMARTS) is 2. The molecule has 7 N–H and O–H groups in total. The lowest BCUT2D eigenvalue weighted by molar-refractivity contribution is -0.663. The minimum absolute atomic E-state index is 0.0652. The molecule has 0 saturated carbocycles. The van der Waals surface area contributed by atoms with Crippen molar-refractivity contribution in [2.24, 2.45) is 27.5 Å². The van der Waals surface area contributed by atoms with Crippen LogP contribution in [0.2, 0.25) is 0 Å². The Morgan fingerprint density at radius 3 is 2.73 bits per heavy atom. The summed E-state index contributed by atoms with van der Waals surface area (Å²) < 4.78 is 11.1. The molecule has 1 amide bonds. The monoisotopic (exact) mass is 710 g/mol. The van der Waals surface area contributed by atoms with Crippen molar-refractivity contribution >= 4 is 74.9 Å². The van der Waals surface area contributed by atoms with Crippen LogP contribution in [0.1, 0.15) is 31.7 Å². The molecule has 2 aliphatic rings. The number of carbonyl (C=O) groups is 4. The Balaban J connectivity index is 1.19. The van der Waals surface area contributed by atoms with Crippen LogP contribution in [0.3, 0.4) is 0 Å². The van der Waals surface area contributed by atoms with Gasteiger partial charge in [-0.05, 0) is 19.4 Å². The maximum Gasteiger partial charge on any atom is 0.350 e. The predicted octanol–water partition coefficient (Wildman–Crippen LogP) is -0.608. The minimum atomic E-state index is -1.76. The van der Waals surface area contributed by atoms with Crippen molar-refractivity contribution in [1.29, 1.82) is 0 Å². The standard InChI is InChI=1S/C29H30N10O8S2/c1-29(2,26(44)45)47-35-21(18-13-49-28(32)34-18)19(40)8-17-23(41)39-22(25(42)43)14(12-48-24(17)39)9-37-4-3-20-36(5-6-38(20)37)10-16-7-15(11-46-16)33-27(30)31/h3-7,11,13,17,24H,8-10,12H2,1-2H3,(H7-,30,31,32,33,34,42,43,44,45)/b35-21-/t17-,24-/m1/s1. The SMILES string of the molecule is CC(C)(O/N=C(\C(=O)C[C@@H]1C(=O)N2C(C(=O)[O-])=C(Cn3ccc4n3cc[n+]4Cc3cc(N=C(N)N)co3)CS[C@H]12)c1csc(N)n1)C(=O)O. The summed E-state index contributed by atoms with van der Waals surface area (Å²) in [7, 11) is 0. The van der Waals surface area contributed by atoms with Gasteiger partial charge >= 0.3 is 11.6 Å². The lowest BCUT2D eigenvalue weighted by atomic mass is 9.89. The maximum absolute atomic E-state index is 13.5. The number of anilines is 1. The Labute approximate surface area is 285 Å². The second-order valence-corrected chi connectivity index (χ2v) is 13.6. The summed E-state index contributed by atoms with van der Waals surface area (Å²) in [6, 6.07) is 3.56. The number of oxime groups is 1. The molecule has 4 aromatic heterocycles. The van der Waals surface area contributed by atoms with Crippen LogP contribution in [0.5, 0.6) is 0 Å². The molecule has 4 aromatic rings. The van der Waals surface area contributed by atoms with E-state index in [-0.39, 0.29) is 46.9 Å². The van der Waals surface area contributed by atoms with Crippen LogP contribution in [0.25, 0.3) is 5.65 Å². The average molecular weight is 711 g/mol. The van der Waals surface area contributed by atoms with Gasteiger partial charge in [0.1, 0.15) is 36.1 Å². The van der Waals surface area contributed by atoms with E-state index in [2.05, 4.69) is 15.1 Å². The number of imidazole rings is 1. The maximum atomic E-state index is 13.5. The summed E-state index contributed by atoms with van der Waals surface area (Å²) in [6.45, 7) is 3.03. The Hall–Kier alpha value is -5.63. The summed E-state index contributed by atoms with van der Waals surface area (Å²) >= 11 is 2.36. The quantitative estimate of drug-likeness (QED) is 0.0444. The number of amides is 1. The molecule has 18 nitrogen and oxygen atoms in total. The van der Waals surface area contributed by atoms with Gasteiger partial charge in [0, 0.05) is 23.6 Å². The van der Waals surface area contributed by atoms with E-state index in [0.717, 1.165) is 21.9 Å². The fraction of sp³-hybridized carbons (Fsp3) is 0.310. The zero-order chi connectivity index (χ0) is 35.2. The van der Waals surface area contributed by atoms with E-state index >= 15 is 0 Å². The number of guanidine groups is 1. The number of nitrogen functional groups attached to an aromatic ring is 1. The number of nitrogens with two attached hydrogens (primary N) is 3. The van der Waals surface area contributed by atoms with Crippen molar-refractivity contribution in [3.63, 3.8) is 0 Å². The summed E-state index contributed by atoms with van der Waals surface area (Å²) in [6.07, 6.45) is 6.52. The number of carboxylic acids is 2. The zero-order valence-electron chi connectivity index (χ0n) is 26.0. The number of furan rings is 1. The summed E-state index contributed by atoms with van der Waals surface area (Å²) in [5.74, 6) is -4.14. The molecule has 0 aliphatic carbocycles. The van der Waals surface area contributed by atoms with Gasteiger partial charge in [-0.2, -0.15) is 0 Å². The number of carbonyl (C=O) groups excluding carboxylic acids is 3. The number of aliphatic imine (C=N–C) groups is 1. The molecular weight excluding hydrogens is 681 g/mol. The molecule has 0 aromatic carbocycles. The van der Waals surface area contributed by atoms with Gasteiger partial charge in [-0.15, -0.1) is 27.6 Å². The van der Waals surface area contributed by atoms with E-state index < -0.39 is 40.5 Å². The van der Waals surface area contributed by atoms with E-state index in [0.29, 0.717) is 23.6 Å². The molecule has 6 heterocycles. The zero-order valence-corrected chi connectivity index (χ0v) is 27.6. The summed E-state index contributed by atoms with van der Waals surface area (Å²) in [5.41, 5.74) is 16.1. The molecule has 1 fully saturated rings. The number of aromatic nitrogens is 4. The first kappa shape index (κ1) is 33.3. The Bertz CT molecular complexity index is 2080. The number of thiazole rings is 1. The van der Waals surface area contributed by atoms with Gasteiger partial charge in [0.25, 0.3) is 0 Å². The third kappa shape index (κ3) is 6.46. The smallest absolute Gasteiger partial charge is 0.350 e. The summed E-state index contributed by atoms with van der Waals surface area (Å²) in [5, 5.41) is 26.6. The number of aliphatic carboxylic acids is 2. The number of hydrogen-bond donors (Lipinski definition) is 4. The van der Waals surface area contributed by atoms with Crippen LogP contribution in [0.4, 0.5) is 10.8 Å². The largest absolute Gasteiger partial charge is 0.543 e. The van der Waals surface area contributed by atoms with Crippen LogP contribution in [0, 0.1) is 5.92 Å². The van der Waals surface area contributed by atoms with Crippen LogP contribution < -0.4 is 26.9 Å². The van der Waals surface area contributed by atoms with Gasteiger partial charge in [0.05, 0.1) is 41.8 Å². The fourth-order valence-electron chi connectivity index (χ4n) is 5.39. The van der Waals surface area contributed by atoms with Crippen molar-refractivity contribution in [2.75, 3.05) is 11.5 Å². The second-order valence-electron chi connectivity index (χ2n) is 11.7.